The average Bonchev–Trinajstić information content (AvgIpc) is 3.21. The zero-order valence-corrected chi connectivity index (χ0v) is 40.7. The van der Waals surface area contributed by atoms with Gasteiger partial charge in [-0.2, -0.15) is 0 Å². The molecule has 348 valence electrons. The van der Waals surface area contributed by atoms with Crippen molar-refractivity contribution in [2.75, 3.05) is 0 Å². The van der Waals surface area contributed by atoms with Gasteiger partial charge >= 0.3 is 11.9 Å². The molecule has 0 amide bonds. The van der Waals surface area contributed by atoms with Crippen molar-refractivity contribution in [1.29, 1.82) is 0 Å². The highest BCUT2D eigenvalue weighted by molar-refractivity contribution is 5.70. The van der Waals surface area contributed by atoms with Crippen LogP contribution in [-0.4, -0.2) is 22.2 Å². The summed E-state index contributed by atoms with van der Waals surface area (Å²) in [5.41, 5.74) is 0. The second kappa shape index (κ2) is 48.6. The summed E-state index contributed by atoms with van der Waals surface area (Å²) in [6.45, 7) is 13.5. The van der Waals surface area contributed by atoms with Gasteiger partial charge in [0.25, 0.3) is 0 Å². The third-order valence-electron chi connectivity index (χ3n) is 13.3. The van der Waals surface area contributed by atoms with Crippen molar-refractivity contribution in [2.45, 2.75) is 311 Å². The van der Waals surface area contributed by atoms with Crippen molar-refractivity contribution in [2.24, 2.45) is 23.7 Å². The molecule has 0 saturated carbocycles. The molecule has 0 spiro atoms. The van der Waals surface area contributed by atoms with Crippen molar-refractivity contribution >= 4 is 11.9 Å². The lowest BCUT2D eigenvalue weighted by atomic mass is 9.80. The van der Waals surface area contributed by atoms with Crippen LogP contribution in [0.15, 0.2) is 0 Å². The van der Waals surface area contributed by atoms with Gasteiger partial charge in [-0.05, 0) is 43.9 Å². The second-order valence-corrected chi connectivity index (χ2v) is 18.8. The number of unbranched alkanes of at least 4 members (excludes halogenated alkanes) is 30. The van der Waals surface area contributed by atoms with Gasteiger partial charge in [0.05, 0.1) is 11.8 Å². The Morgan fingerprint density at radius 3 is 0.931 bits per heavy atom. The first-order chi connectivity index (χ1) is 28.3. The van der Waals surface area contributed by atoms with E-state index in [1.165, 1.54) is 218 Å². The fourth-order valence-corrected chi connectivity index (χ4v) is 9.11. The molecule has 4 nitrogen and oxygen atoms in total. The van der Waals surface area contributed by atoms with Crippen LogP contribution < -0.4 is 0 Å². The molecule has 0 aliphatic heterocycles. The zero-order chi connectivity index (χ0) is 43.2. The molecule has 2 N–H and O–H groups in total. The molecule has 4 atom stereocenters. The van der Waals surface area contributed by atoms with Gasteiger partial charge in [0.1, 0.15) is 0 Å². The maximum atomic E-state index is 12.2. The van der Waals surface area contributed by atoms with E-state index in [2.05, 4.69) is 41.5 Å². The molecule has 0 bridgehead atoms. The van der Waals surface area contributed by atoms with Crippen LogP contribution in [0.2, 0.25) is 0 Å². The molecule has 58 heavy (non-hydrogen) atoms. The standard InChI is InChI=1S/C34H68O2.C20H40O2/c1-4-7-10-13-15-16-17-18-19-20-21-23-25-28-31-33(34(35)36)32(29-26-12-9-6-3)30-27-24-22-14-11-8-5-2;1-4-7-9-10-11-12-13-14-16-19(20(21)22)17-18(6-3)15-8-5-2/h32-33H,4-31H2,1-3H3,(H,35,36);18-19H,4-17H2,1-3H3,(H,21,22). The summed E-state index contributed by atoms with van der Waals surface area (Å²) in [5, 5.41) is 19.5. The van der Waals surface area contributed by atoms with E-state index in [-0.39, 0.29) is 11.8 Å². The van der Waals surface area contributed by atoms with Gasteiger partial charge < -0.3 is 10.2 Å². The highest BCUT2D eigenvalue weighted by atomic mass is 16.4. The van der Waals surface area contributed by atoms with E-state index in [4.69, 9.17) is 0 Å². The van der Waals surface area contributed by atoms with Gasteiger partial charge in [-0.1, -0.05) is 279 Å². The van der Waals surface area contributed by atoms with E-state index in [0.717, 1.165) is 51.4 Å². The number of aliphatic carboxylic acids is 2. The van der Waals surface area contributed by atoms with Crippen LogP contribution in [0.3, 0.4) is 0 Å². The lowest BCUT2D eigenvalue weighted by Crippen LogP contribution is -2.24. The summed E-state index contributed by atoms with van der Waals surface area (Å²) >= 11 is 0. The third kappa shape index (κ3) is 41.7. The lowest BCUT2D eigenvalue weighted by molar-refractivity contribution is -0.144. The molecular formula is C54H108O4. The molecule has 0 aliphatic carbocycles. The van der Waals surface area contributed by atoms with Gasteiger partial charge in [-0.3, -0.25) is 9.59 Å². The first kappa shape index (κ1) is 59.0. The first-order valence-corrected chi connectivity index (χ1v) is 26.8. The minimum absolute atomic E-state index is 0.107. The van der Waals surface area contributed by atoms with Gasteiger partial charge in [-0.25, -0.2) is 0 Å². The molecule has 0 aromatic rings. The molecule has 0 fully saturated rings. The maximum Gasteiger partial charge on any atom is 0.306 e. The van der Waals surface area contributed by atoms with Crippen molar-refractivity contribution in [1.82, 2.24) is 0 Å². The monoisotopic (exact) mass is 821 g/mol. The van der Waals surface area contributed by atoms with Crippen LogP contribution in [0.25, 0.3) is 0 Å². The SMILES string of the molecule is CCCCCCCCCCC(CC(CC)CCCC)C(=O)O.CCCCCCCCCCCCCCCCC(C(=O)O)C(CCCCCC)CCCCCCCCC. The summed E-state index contributed by atoms with van der Waals surface area (Å²) in [6.07, 6.45) is 53.3. The Morgan fingerprint density at radius 1 is 0.328 bits per heavy atom. The van der Waals surface area contributed by atoms with E-state index in [1.54, 1.807) is 0 Å². The largest absolute Gasteiger partial charge is 0.481 e. The minimum atomic E-state index is -0.571. The Morgan fingerprint density at radius 2 is 0.621 bits per heavy atom. The van der Waals surface area contributed by atoms with Crippen molar-refractivity contribution < 1.29 is 19.8 Å². The molecule has 0 heterocycles. The maximum absolute atomic E-state index is 12.2. The highest BCUT2D eigenvalue weighted by Gasteiger charge is 2.27. The van der Waals surface area contributed by atoms with Gasteiger partial charge in [0.2, 0.25) is 0 Å². The predicted molar refractivity (Wildman–Crippen MR) is 257 cm³/mol. The highest BCUT2D eigenvalue weighted by Crippen LogP contribution is 2.31. The Labute approximate surface area is 365 Å². The Hall–Kier alpha value is -1.06. The van der Waals surface area contributed by atoms with E-state index < -0.39 is 11.9 Å². The van der Waals surface area contributed by atoms with Gasteiger partial charge in [-0.15, -0.1) is 0 Å². The van der Waals surface area contributed by atoms with Crippen LogP contribution in [-0.2, 0) is 9.59 Å². The third-order valence-corrected chi connectivity index (χ3v) is 13.3. The number of carboxylic acids is 2. The lowest BCUT2D eigenvalue weighted by Gasteiger charge is -2.24. The van der Waals surface area contributed by atoms with Gasteiger partial charge in [0.15, 0.2) is 0 Å². The molecule has 0 rings (SSSR count). The van der Waals surface area contributed by atoms with Crippen LogP contribution in [0.5, 0.6) is 0 Å². The van der Waals surface area contributed by atoms with Crippen LogP contribution in [0.1, 0.15) is 311 Å². The van der Waals surface area contributed by atoms with Crippen molar-refractivity contribution in [3.8, 4) is 0 Å². The zero-order valence-electron chi connectivity index (χ0n) is 40.7. The van der Waals surface area contributed by atoms with Crippen LogP contribution in [0.4, 0.5) is 0 Å². The van der Waals surface area contributed by atoms with Gasteiger partial charge in [0, 0.05) is 0 Å². The minimum Gasteiger partial charge on any atom is -0.481 e. The summed E-state index contributed by atoms with van der Waals surface area (Å²) < 4.78 is 0. The quantitative estimate of drug-likeness (QED) is 0.0600. The van der Waals surface area contributed by atoms with Crippen LogP contribution >= 0.6 is 0 Å². The Balaban J connectivity index is 0. The summed E-state index contributed by atoms with van der Waals surface area (Å²) in [6, 6.07) is 0. The number of hydrogen-bond acceptors (Lipinski definition) is 2. The molecule has 0 aromatic carbocycles. The van der Waals surface area contributed by atoms with E-state index in [9.17, 15) is 19.8 Å². The summed E-state index contributed by atoms with van der Waals surface area (Å²) in [7, 11) is 0. The fourth-order valence-electron chi connectivity index (χ4n) is 9.11. The molecule has 4 unspecified atom stereocenters. The normalized spacial score (nSPS) is 13.5. The summed E-state index contributed by atoms with van der Waals surface area (Å²) in [4.78, 5) is 23.7. The average molecular weight is 821 g/mol. The smallest absolute Gasteiger partial charge is 0.306 e. The number of carboxylic acid groups (broad SMARTS) is 2. The van der Waals surface area contributed by atoms with Crippen molar-refractivity contribution in [3.63, 3.8) is 0 Å². The first-order valence-electron chi connectivity index (χ1n) is 26.8. The fraction of sp³-hybridized carbons (Fsp3) is 0.963. The molecule has 0 radical (unpaired) electrons. The number of carbonyl (C=O) groups is 2. The van der Waals surface area contributed by atoms with Crippen LogP contribution in [0, 0.1) is 23.7 Å². The molecule has 4 heteroatoms. The van der Waals surface area contributed by atoms with Crippen molar-refractivity contribution in [3.05, 3.63) is 0 Å². The molecule has 0 aromatic heterocycles. The number of hydrogen-bond donors (Lipinski definition) is 2. The van der Waals surface area contributed by atoms with E-state index in [1.807, 2.05) is 0 Å². The molecule has 0 aliphatic rings. The molecular weight excluding hydrogens is 713 g/mol. The predicted octanol–water partition coefficient (Wildman–Crippen LogP) is 19.1. The molecule has 0 saturated heterocycles. The second-order valence-electron chi connectivity index (χ2n) is 18.8. The number of rotatable bonds is 46. The Kier molecular flexibility index (Phi) is 49.5. The van der Waals surface area contributed by atoms with E-state index >= 15 is 0 Å². The topological polar surface area (TPSA) is 74.6 Å². The summed E-state index contributed by atoms with van der Waals surface area (Å²) in [5.74, 6) is -0.302. The van der Waals surface area contributed by atoms with E-state index in [0.29, 0.717) is 11.8 Å². The Bertz CT molecular complexity index is 811.